The fraction of sp³-hybridized carbons (Fsp3) is 0.867. The summed E-state index contributed by atoms with van der Waals surface area (Å²) in [5, 5.41) is 18.2. The predicted octanol–water partition coefficient (Wildman–Crippen LogP) is 1.63. The standard InChI is InChI=1S/C15H28N2O4/c1-12(2)15(13(19)20)7-9-17(11-15)14(21)16(3)8-5-4-6-10-18/h12,18H,4-11H2,1-3H3,(H,19,20). The van der Waals surface area contributed by atoms with Crippen LogP contribution in [0.2, 0.25) is 0 Å². The first kappa shape index (κ1) is 17.8. The van der Waals surface area contributed by atoms with E-state index in [1.807, 2.05) is 13.8 Å². The highest BCUT2D eigenvalue weighted by Gasteiger charge is 2.48. The first-order valence-electron chi connectivity index (χ1n) is 7.69. The number of rotatable bonds is 7. The number of unbranched alkanes of at least 4 members (excludes halogenated alkanes) is 2. The van der Waals surface area contributed by atoms with E-state index in [4.69, 9.17) is 5.11 Å². The normalized spacial score (nSPS) is 21.9. The van der Waals surface area contributed by atoms with Crippen LogP contribution in [0.4, 0.5) is 4.79 Å². The molecule has 1 atom stereocenters. The Hall–Kier alpha value is -1.30. The van der Waals surface area contributed by atoms with Crippen LogP contribution in [0.5, 0.6) is 0 Å². The molecule has 1 aliphatic rings. The number of carboxylic acids is 1. The average Bonchev–Trinajstić information content (AvgIpc) is 2.89. The first-order valence-corrected chi connectivity index (χ1v) is 7.69. The van der Waals surface area contributed by atoms with Crippen LogP contribution < -0.4 is 0 Å². The molecule has 0 saturated carbocycles. The van der Waals surface area contributed by atoms with Gasteiger partial charge in [-0.05, 0) is 31.6 Å². The number of aliphatic hydroxyl groups is 1. The minimum Gasteiger partial charge on any atom is -0.481 e. The van der Waals surface area contributed by atoms with Gasteiger partial charge in [-0.25, -0.2) is 4.79 Å². The van der Waals surface area contributed by atoms with Crippen molar-refractivity contribution in [2.45, 2.75) is 39.5 Å². The van der Waals surface area contributed by atoms with Crippen molar-refractivity contribution >= 4 is 12.0 Å². The van der Waals surface area contributed by atoms with Crippen molar-refractivity contribution < 1.29 is 19.8 Å². The van der Waals surface area contributed by atoms with Gasteiger partial charge in [0, 0.05) is 33.3 Å². The zero-order valence-electron chi connectivity index (χ0n) is 13.3. The number of carbonyl (C=O) groups is 2. The number of carbonyl (C=O) groups excluding carboxylic acids is 1. The second-order valence-corrected chi connectivity index (χ2v) is 6.28. The Morgan fingerprint density at radius 2 is 1.95 bits per heavy atom. The average molecular weight is 300 g/mol. The molecule has 6 heteroatoms. The second kappa shape index (κ2) is 7.64. The van der Waals surface area contributed by atoms with Gasteiger partial charge in [0.2, 0.25) is 0 Å². The molecule has 21 heavy (non-hydrogen) atoms. The molecule has 0 aliphatic carbocycles. The summed E-state index contributed by atoms with van der Waals surface area (Å²) >= 11 is 0. The van der Waals surface area contributed by atoms with Crippen LogP contribution in [-0.4, -0.2) is 65.3 Å². The predicted molar refractivity (Wildman–Crippen MR) is 80.1 cm³/mol. The van der Waals surface area contributed by atoms with Crippen molar-refractivity contribution in [3.05, 3.63) is 0 Å². The van der Waals surface area contributed by atoms with Gasteiger partial charge in [-0.3, -0.25) is 4.79 Å². The molecular weight excluding hydrogens is 272 g/mol. The SMILES string of the molecule is CC(C)C1(C(=O)O)CCN(C(=O)N(C)CCCCCO)C1. The molecular formula is C15H28N2O4. The van der Waals surface area contributed by atoms with Gasteiger partial charge in [-0.2, -0.15) is 0 Å². The third kappa shape index (κ3) is 4.09. The molecule has 6 nitrogen and oxygen atoms in total. The maximum absolute atomic E-state index is 12.4. The van der Waals surface area contributed by atoms with Crippen LogP contribution in [0.25, 0.3) is 0 Å². The zero-order chi connectivity index (χ0) is 16.0. The third-order valence-corrected chi connectivity index (χ3v) is 4.58. The summed E-state index contributed by atoms with van der Waals surface area (Å²) in [5.41, 5.74) is -0.812. The van der Waals surface area contributed by atoms with E-state index in [2.05, 4.69) is 0 Å². The molecule has 0 bridgehead atoms. The molecule has 0 aromatic carbocycles. The van der Waals surface area contributed by atoms with E-state index in [1.54, 1.807) is 16.8 Å². The van der Waals surface area contributed by atoms with E-state index in [0.29, 0.717) is 26.1 Å². The Morgan fingerprint density at radius 1 is 1.29 bits per heavy atom. The number of hydrogen-bond acceptors (Lipinski definition) is 3. The molecule has 1 saturated heterocycles. The summed E-state index contributed by atoms with van der Waals surface area (Å²) in [6.45, 7) is 5.42. The maximum atomic E-state index is 12.4. The Morgan fingerprint density at radius 3 is 2.43 bits per heavy atom. The smallest absolute Gasteiger partial charge is 0.319 e. The van der Waals surface area contributed by atoms with Gasteiger partial charge in [0.25, 0.3) is 0 Å². The van der Waals surface area contributed by atoms with E-state index in [9.17, 15) is 14.7 Å². The molecule has 2 amide bonds. The van der Waals surface area contributed by atoms with Crippen LogP contribution in [0.15, 0.2) is 0 Å². The van der Waals surface area contributed by atoms with E-state index in [1.165, 1.54) is 0 Å². The van der Waals surface area contributed by atoms with Crippen molar-refractivity contribution in [1.29, 1.82) is 0 Å². The maximum Gasteiger partial charge on any atom is 0.319 e. The highest BCUT2D eigenvalue weighted by atomic mass is 16.4. The lowest BCUT2D eigenvalue weighted by Gasteiger charge is -2.30. The summed E-state index contributed by atoms with van der Waals surface area (Å²) in [5.74, 6) is -0.805. The first-order chi connectivity index (χ1) is 9.85. The lowest BCUT2D eigenvalue weighted by Crippen LogP contribution is -2.44. The molecule has 1 unspecified atom stereocenters. The fourth-order valence-corrected chi connectivity index (χ4v) is 2.86. The van der Waals surface area contributed by atoms with Crippen molar-refractivity contribution in [3.8, 4) is 0 Å². The Balaban J connectivity index is 2.55. The molecule has 1 fully saturated rings. The topological polar surface area (TPSA) is 81.1 Å². The Kier molecular flexibility index (Phi) is 6.45. The number of urea groups is 1. The molecule has 2 N–H and O–H groups in total. The summed E-state index contributed by atoms with van der Waals surface area (Å²) < 4.78 is 0. The number of likely N-dealkylation sites (tertiary alicyclic amines) is 1. The summed E-state index contributed by atoms with van der Waals surface area (Å²) in [6, 6.07) is -0.0947. The van der Waals surface area contributed by atoms with Gasteiger partial charge in [0.15, 0.2) is 0 Å². The Labute approximate surface area is 126 Å². The number of hydrogen-bond donors (Lipinski definition) is 2. The minimum atomic E-state index is -0.812. The molecule has 1 heterocycles. The van der Waals surface area contributed by atoms with Crippen LogP contribution >= 0.6 is 0 Å². The van der Waals surface area contributed by atoms with E-state index < -0.39 is 11.4 Å². The number of aliphatic carboxylic acids is 1. The van der Waals surface area contributed by atoms with Crippen molar-refractivity contribution in [3.63, 3.8) is 0 Å². The highest BCUT2D eigenvalue weighted by molar-refractivity contribution is 5.80. The number of amides is 2. The third-order valence-electron chi connectivity index (χ3n) is 4.58. The van der Waals surface area contributed by atoms with Gasteiger partial charge in [-0.1, -0.05) is 13.8 Å². The van der Waals surface area contributed by atoms with Gasteiger partial charge in [0.05, 0.1) is 5.41 Å². The van der Waals surface area contributed by atoms with Gasteiger partial charge >= 0.3 is 12.0 Å². The minimum absolute atomic E-state index is 0.00246. The summed E-state index contributed by atoms with van der Waals surface area (Å²) in [6.07, 6.45) is 3.01. The van der Waals surface area contributed by atoms with Crippen molar-refractivity contribution in [2.75, 3.05) is 33.3 Å². The van der Waals surface area contributed by atoms with Crippen molar-refractivity contribution in [2.24, 2.45) is 11.3 Å². The van der Waals surface area contributed by atoms with Gasteiger partial charge in [-0.15, -0.1) is 0 Å². The van der Waals surface area contributed by atoms with Crippen LogP contribution in [-0.2, 0) is 4.79 Å². The number of carboxylic acid groups (broad SMARTS) is 1. The summed E-state index contributed by atoms with van der Waals surface area (Å²) in [4.78, 5) is 27.2. The molecule has 0 aromatic heterocycles. The van der Waals surface area contributed by atoms with E-state index in [0.717, 1.165) is 19.3 Å². The van der Waals surface area contributed by atoms with E-state index >= 15 is 0 Å². The molecule has 0 radical (unpaired) electrons. The van der Waals surface area contributed by atoms with Gasteiger partial charge in [0.1, 0.15) is 0 Å². The molecule has 0 aromatic rings. The fourth-order valence-electron chi connectivity index (χ4n) is 2.86. The monoisotopic (exact) mass is 300 g/mol. The Bertz CT molecular complexity index is 373. The lowest BCUT2D eigenvalue weighted by molar-refractivity contribution is -0.150. The molecule has 122 valence electrons. The van der Waals surface area contributed by atoms with Crippen molar-refractivity contribution in [1.82, 2.24) is 9.80 Å². The van der Waals surface area contributed by atoms with Gasteiger partial charge < -0.3 is 20.0 Å². The van der Waals surface area contributed by atoms with Crippen LogP contribution in [0.3, 0.4) is 0 Å². The number of aliphatic hydroxyl groups excluding tert-OH is 1. The number of nitrogens with zero attached hydrogens (tertiary/aromatic N) is 2. The molecule has 0 spiro atoms. The largest absolute Gasteiger partial charge is 0.481 e. The van der Waals surface area contributed by atoms with Crippen LogP contribution in [0.1, 0.15) is 39.5 Å². The second-order valence-electron chi connectivity index (χ2n) is 6.28. The quantitative estimate of drug-likeness (QED) is 0.700. The zero-order valence-corrected chi connectivity index (χ0v) is 13.3. The highest BCUT2D eigenvalue weighted by Crippen LogP contribution is 2.38. The molecule has 1 aliphatic heterocycles. The molecule has 1 rings (SSSR count). The van der Waals surface area contributed by atoms with E-state index in [-0.39, 0.29) is 18.6 Å². The lowest BCUT2D eigenvalue weighted by atomic mass is 9.76. The summed E-state index contributed by atoms with van der Waals surface area (Å²) in [7, 11) is 1.75. The van der Waals surface area contributed by atoms with Crippen LogP contribution in [0, 0.1) is 11.3 Å².